The minimum Gasteiger partial charge on any atom is -0.315 e. The van der Waals surface area contributed by atoms with E-state index in [1.54, 1.807) is 0 Å². The van der Waals surface area contributed by atoms with Crippen molar-refractivity contribution >= 4 is 34.0 Å². The molecule has 0 saturated heterocycles. The van der Waals surface area contributed by atoms with Gasteiger partial charge in [-0.3, -0.25) is 4.79 Å². The molecule has 1 amide bonds. The number of halogens is 1. The summed E-state index contributed by atoms with van der Waals surface area (Å²) in [5.74, 6) is -0.209. The zero-order valence-corrected chi connectivity index (χ0v) is 8.42. The van der Waals surface area contributed by atoms with Crippen LogP contribution in [0.4, 0.5) is 5.00 Å². The van der Waals surface area contributed by atoms with Gasteiger partial charge < -0.3 is 5.32 Å². The molecular weight excluding hydrogens is 196 g/mol. The lowest BCUT2D eigenvalue weighted by Crippen LogP contribution is -2.12. The van der Waals surface area contributed by atoms with Crippen molar-refractivity contribution in [2.24, 2.45) is 0 Å². The molecule has 0 saturated carbocycles. The van der Waals surface area contributed by atoms with Gasteiger partial charge in [-0.05, 0) is 25.4 Å². The number of rotatable bonds is 2. The van der Waals surface area contributed by atoms with Gasteiger partial charge in [0.15, 0.2) is 0 Å². The zero-order valence-electron chi connectivity index (χ0n) is 6.85. The third-order valence-corrected chi connectivity index (χ3v) is 2.73. The van der Waals surface area contributed by atoms with E-state index in [9.17, 15) is 4.79 Å². The van der Waals surface area contributed by atoms with Gasteiger partial charge in [0.2, 0.25) is 5.91 Å². The average Bonchev–Trinajstić information content (AvgIpc) is 2.36. The van der Waals surface area contributed by atoms with Crippen LogP contribution in [-0.4, -0.2) is 16.2 Å². The Morgan fingerprint density at radius 2 is 2.33 bits per heavy atom. The molecule has 0 aromatic carbocycles. The van der Waals surface area contributed by atoms with Crippen molar-refractivity contribution in [3.8, 4) is 0 Å². The van der Waals surface area contributed by atoms with Crippen molar-refractivity contribution in [1.82, 2.24) is 4.37 Å². The zero-order chi connectivity index (χ0) is 9.14. The first-order valence-corrected chi connectivity index (χ1v) is 4.74. The number of nitrogens with one attached hydrogen (secondary N) is 1. The fraction of sp³-hybridized carbons (Fsp3) is 0.429. The molecule has 1 heterocycles. The fourth-order valence-corrected chi connectivity index (χ4v) is 1.57. The number of amides is 1. The van der Waals surface area contributed by atoms with E-state index in [2.05, 4.69) is 9.69 Å². The minimum atomic E-state index is -0.191. The Morgan fingerprint density at radius 1 is 1.67 bits per heavy atom. The normalized spacial score (nSPS) is 9.92. The van der Waals surface area contributed by atoms with Crippen molar-refractivity contribution < 1.29 is 4.79 Å². The summed E-state index contributed by atoms with van der Waals surface area (Å²) in [6.45, 7) is 3.82. The molecule has 0 aliphatic carbocycles. The second-order valence-corrected chi connectivity index (χ2v) is 3.44. The number of anilines is 1. The molecule has 0 spiro atoms. The summed E-state index contributed by atoms with van der Waals surface area (Å²) < 4.78 is 4.09. The van der Waals surface area contributed by atoms with E-state index in [1.807, 2.05) is 13.8 Å². The molecule has 1 rings (SSSR count). The van der Waals surface area contributed by atoms with Gasteiger partial charge in [0, 0.05) is 5.56 Å². The van der Waals surface area contributed by atoms with Crippen molar-refractivity contribution in [1.29, 1.82) is 0 Å². The molecule has 1 N–H and O–H groups in total. The highest BCUT2D eigenvalue weighted by Crippen LogP contribution is 2.22. The Hall–Kier alpha value is -0.610. The first kappa shape index (κ1) is 9.48. The third kappa shape index (κ3) is 1.95. The Morgan fingerprint density at radius 3 is 2.75 bits per heavy atom. The molecule has 0 aliphatic rings. The van der Waals surface area contributed by atoms with E-state index in [4.69, 9.17) is 11.6 Å². The molecule has 0 atom stereocenters. The number of hydrogen-bond donors (Lipinski definition) is 1. The maximum Gasteiger partial charge on any atom is 0.239 e. The summed E-state index contributed by atoms with van der Waals surface area (Å²) in [5, 5.41) is 3.46. The minimum absolute atomic E-state index is 0.0175. The van der Waals surface area contributed by atoms with Crippen molar-refractivity contribution in [3.63, 3.8) is 0 Å². The van der Waals surface area contributed by atoms with Gasteiger partial charge in [-0.25, -0.2) is 0 Å². The second kappa shape index (κ2) is 3.87. The van der Waals surface area contributed by atoms with E-state index in [-0.39, 0.29) is 11.8 Å². The van der Waals surface area contributed by atoms with Crippen molar-refractivity contribution in [2.45, 2.75) is 13.8 Å². The van der Waals surface area contributed by atoms with Crippen LogP contribution in [0.5, 0.6) is 0 Å². The quantitative estimate of drug-likeness (QED) is 0.749. The van der Waals surface area contributed by atoms with Crippen LogP contribution in [-0.2, 0) is 4.79 Å². The van der Waals surface area contributed by atoms with Crippen LogP contribution in [0.15, 0.2) is 0 Å². The Balaban J connectivity index is 2.76. The molecule has 0 fully saturated rings. The molecule has 0 bridgehead atoms. The van der Waals surface area contributed by atoms with Crippen molar-refractivity contribution in [3.05, 3.63) is 11.3 Å². The molecule has 66 valence electrons. The first-order chi connectivity index (χ1) is 5.65. The molecule has 3 nitrogen and oxygen atoms in total. The van der Waals surface area contributed by atoms with Crippen LogP contribution < -0.4 is 5.32 Å². The predicted octanol–water partition coefficient (Wildman–Crippen LogP) is 1.94. The van der Waals surface area contributed by atoms with Crippen molar-refractivity contribution in [2.75, 3.05) is 11.2 Å². The summed E-state index contributed by atoms with van der Waals surface area (Å²) >= 11 is 6.61. The Kier molecular flexibility index (Phi) is 3.05. The van der Waals surface area contributed by atoms with Crippen LogP contribution in [0.2, 0.25) is 0 Å². The van der Waals surface area contributed by atoms with Crippen LogP contribution in [0.1, 0.15) is 11.3 Å². The van der Waals surface area contributed by atoms with Gasteiger partial charge in [0.05, 0.1) is 5.69 Å². The van der Waals surface area contributed by atoms with Crippen LogP contribution in [0.25, 0.3) is 0 Å². The Bertz CT molecular complexity index is 298. The summed E-state index contributed by atoms with van der Waals surface area (Å²) in [6, 6.07) is 0. The molecular formula is C7H9ClN2OS. The van der Waals surface area contributed by atoms with Gasteiger partial charge in [-0.1, -0.05) is 0 Å². The standard InChI is InChI=1S/C7H9ClN2OS/c1-4-5(2)10-12-7(4)9-6(11)3-8/h3H2,1-2H3,(H,9,11). The summed E-state index contributed by atoms with van der Waals surface area (Å²) in [7, 11) is 0. The maximum atomic E-state index is 10.9. The highest BCUT2D eigenvalue weighted by molar-refractivity contribution is 7.10. The van der Waals surface area contributed by atoms with Crippen LogP contribution in [0, 0.1) is 13.8 Å². The molecule has 0 unspecified atom stereocenters. The van der Waals surface area contributed by atoms with Gasteiger partial charge in [-0.2, -0.15) is 4.37 Å². The molecule has 5 heteroatoms. The first-order valence-electron chi connectivity index (χ1n) is 3.44. The molecule has 12 heavy (non-hydrogen) atoms. The lowest BCUT2D eigenvalue weighted by molar-refractivity contribution is -0.113. The smallest absolute Gasteiger partial charge is 0.239 e. The molecule has 0 aliphatic heterocycles. The van der Waals surface area contributed by atoms with E-state index in [0.717, 1.165) is 16.3 Å². The maximum absolute atomic E-state index is 10.9. The molecule has 1 aromatic rings. The topological polar surface area (TPSA) is 42.0 Å². The Labute approximate surface area is 79.9 Å². The van der Waals surface area contributed by atoms with Gasteiger partial charge >= 0.3 is 0 Å². The highest BCUT2D eigenvalue weighted by Gasteiger charge is 2.07. The second-order valence-electron chi connectivity index (χ2n) is 2.40. The number of alkyl halides is 1. The van der Waals surface area contributed by atoms with Gasteiger partial charge in [0.1, 0.15) is 10.9 Å². The van der Waals surface area contributed by atoms with E-state index in [1.165, 1.54) is 11.5 Å². The molecule has 0 radical (unpaired) electrons. The van der Waals surface area contributed by atoms with Gasteiger partial charge in [-0.15, -0.1) is 11.6 Å². The van der Waals surface area contributed by atoms with E-state index in [0.29, 0.717) is 0 Å². The van der Waals surface area contributed by atoms with Gasteiger partial charge in [0.25, 0.3) is 0 Å². The van der Waals surface area contributed by atoms with E-state index >= 15 is 0 Å². The van der Waals surface area contributed by atoms with Crippen LogP contribution >= 0.6 is 23.1 Å². The summed E-state index contributed by atoms with van der Waals surface area (Å²) in [4.78, 5) is 10.9. The number of aryl methyl sites for hydroxylation is 1. The largest absolute Gasteiger partial charge is 0.315 e. The van der Waals surface area contributed by atoms with E-state index < -0.39 is 0 Å². The number of carbonyl (C=O) groups is 1. The summed E-state index contributed by atoms with van der Waals surface area (Å²) in [6.07, 6.45) is 0. The predicted molar refractivity (Wildman–Crippen MR) is 50.9 cm³/mol. The number of hydrogen-bond acceptors (Lipinski definition) is 3. The number of carbonyl (C=O) groups excluding carboxylic acids is 1. The highest BCUT2D eigenvalue weighted by atomic mass is 35.5. The third-order valence-electron chi connectivity index (χ3n) is 1.53. The SMILES string of the molecule is Cc1nsc(NC(=O)CCl)c1C. The number of nitrogens with zero attached hydrogens (tertiary/aromatic N) is 1. The number of aromatic nitrogens is 1. The molecule has 1 aromatic heterocycles. The monoisotopic (exact) mass is 204 g/mol. The average molecular weight is 205 g/mol. The lowest BCUT2D eigenvalue weighted by atomic mass is 10.3. The van der Waals surface area contributed by atoms with Crippen LogP contribution in [0.3, 0.4) is 0 Å². The fourth-order valence-electron chi connectivity index (χ4n) is 0.692. The lowest BCUT2D eigenvalue weighted by Gasteiger charge is -1.98. The summed E-state index contributed by atoms with van der Waals surface area (Å²) in [5.41, 5.74) is 1.96.